The predicted molar refractivity (Wildman–Crippen MR) is 108 cm³/mol. The molecular weight excluding hydrogens is 375 g/mol. The van der Waals surface area contributed by atoms with Crippen LogP contribution < -0.4 is 5.69 Å². The van der Waals surface area contributed by atoms with Crippen LogP contribution in [0.2, 0.25) is 0 Å². The second-order valence-corrected chi connectivity index (χ2v) is 7.01. The highest BCUT2D eigenvalue weighted by Gasteiger charge is 2.17. The van der Waals surface area contributed by atoms with E-state index in [1.54, 1.807) is 36.9 Å². The van der Waals surface area contributed by atoms with Gasteiger partial charge in [-0.1, -0.05) is 12.1 Å². The van der Waals surface area contributed by atoms with E-state index in [9.17, 15) is 14.3 Å². The Bertz CT molecular complexity index is 1080. The number of imidazole rings is 1. The molecule has 2 aromatic heterocycles. The SMILES string of the molecule is CC(=N)C(Cn1cc(-n2c(O)cn(CCc3ccc(F)cc3)c2=O)cn1)C(C)=N. The number of hydrogen-bond acceptors (Lipinski definition) is 5. The molecule has 3 rings (SSSR count). The zero-order chi connectivity index (χ0) is 21.1. The summed E-state index contributed by atoms with van der Waals surface area (Å²) in [5.41, 5.74) is 1.60. The molecule has 0 bridgehead atoms. The van der Waals surface area contributed by atoms with Crippen molar-refractivity contribution in [1.29, 1.82) is 10.8 Å². The van der Waals surface area contributed by atoms with E-state index in [0.717, 1.165) is 10.1 Å². The van der Waals surface area contributed by atoms with Crippen LogP contribution in [0.15, 0.2) is 47.7 Å². The summed E-state index contributed by atoms with van der Waals surface area (Å²) in [6.07, 6.45) is 4.93. The van der Waals surface area contributed by atoms with E-state index in [1.807, 2.05) is 0 Å². The molecule has 0 radical (unpaired) electrons. The molecule has 152 valence electrons. The molecule has 3 N–H and O–H groups in total. The summed E-state index contributed by atoms with van der Waals surface area (Å²) in [6, 6.07) is 6.06. The van der Waals surface area contributed by atoms with Crippen LogP contribution in [0.5, 0.6) is 5.88 Å². The van der Waals surface area contributed by atoms with Crippen LogP contribution in [-0.2, 0) is 19.5 Å². The number of benzene rings is 1. The lowest BCUT2D eigenvalue weighted by Gasteiger charge is -2.14. The summed E-state index contributed by atoms with van der Waals surface area (Å²) in [6.45, 7) is 3.93. The molecule has 0 aliphatic heterocycles. The van der Waals surface area contributed by atoms with Crippen molar-refractivity contribution in [2.45, 2.75) is 33.4 Å². The standard InChI is InChI=1S/C20H23FN6O2/c1-13(22)18(14(2)23)11-26-10-17(9-24-26)27-19(28)12-25(20(27)29)8-7-15-3-5-16(21)6-4-15/h3-6,9-10,12,18,22-23,28H,7-8,11H2,1-2H3. The minimum atomic E-state index is -0.410. The van der Waals surface area contributed by atoms with Crippen LogP contribution >= 0.6 is 0 Å². The van der Waals surface area contributed by atoms with E-state index in [0.29, 0.717) is 36.6 Å². The van der Waals surface area contributed by atoms with Crippen molar-refractivity contribution in [1.82, 2.24) is 18.9 Å². The molecule has 0 spiro atoms. The molecule has 0 saturated heterocycles. The third-order valence-electron chi connectivity index (χ3n) is 4.78. The first kappa shape index (κ1) is 20.2. The average molecular weight is 398 g/mol. The molecule has 0 aliphatic carbocycles. The second kappa shape index (κ2) is 8.26. The van der Waals surface area contributed by atoms with Gasteiger partial charge in [0.25, 0.3) is 0 Å². The Labute approximate surface area is 166 Å². The van der Waals surface area contributed by atoms with E-state index in [-0.39, 0.29) is 17.6 Å². The lowest BCUT2D eigenvalue weighted by Crippen LogP contribution is -2.25. The highest BCUT2D eigenvalue weighted by Crippen LogP contribution is 2.15. The number of nitrogens with one attached hydrogen (secondary N) is 2. The quantitative estimate of drug-likeness (QED) is 0.507. The predicted octanol–water partition coefficient (Wildman–Crippen LogP) is 2.62. The number of aromatic hydroxyl groups is 1. The summed E-state index contributed by atoms with van der Waals surface area (Å²) in [4.78, 5) is 12.7. The van der Waals surface area contributed by atoms with Gasteiger partial charge in [-0.2, -0.15) is 5.10 Å². The zero-order valence-corrected chi connectivity index (χ0v) is 16.3. The van der Waals surface area contributed by atoms with Gasteiger partial charge in [-0.05, 0) is 38.0 Å². The second-order valence-electron chi connectivity index (χ2n) is 7.01. The van der Waals surface area contributed by atoms with Crippen LogP contribution in [-0.4, -0.2) is 35.4 Å². The van der Waals surface area contributed by atoms with Gasteiger partial charge in [0.2, 0.25) is 5.88 Å². The Morgan fingerprint density at radius 2 is 1.83 bits per heavy atom. The number of nitrogens with zero attached hydrogens (tertiary/aromatic N) is 4. The first-order valence-corrected chi connectivity index (χ1v) is 9.14. The highest BCUT2D eigenvalue weighted by atomic mass is 19.1. The normalized spacial score (nSPS) is 12.1. The fraction of sp³-hybridized carbons (Fsp3) is 0.300. The van der Waals surface area contributed by atoms with Gasteiger partial charge < -0.3 is 15.9 Å². The fourth-order valence-corrected chi connectivity index (χ4v) is 3.14. The molecule has 2 heterocycles. The summed E-state index contributed by atoms with van der Waals surface area (Å²) in [7, 11) is 0. The molecule has 3 aromatic rings. The average Bonchev–Trinajstić information content (AvgIpc) is 3.22. The Kier molecular flexibility index (Phi) is 5.76. The van der Waals surface area contributed by atoms with Crippen molar-refractivity contribution in [3.63, 3.8) is 0 Å². The zero-order valence-electron chi connectivity index (χ0n) is 16.3. The van der Waals surface area contributed by atoms with E-state index < -0.39 is 5.69 Å². The van der Waals surface area contributed by atoms with Crippen molar-refractivity contribution in [2.75, 3.05) is 0 Å². The lowest BCUT2D eigenvalue weighted by atomic mass is 10.00. The van der Waals surface area contributed by atoms with E-state index in [2.05, 4.69) is 5.10 Å². The molecule has 1 aromatic carbocycles. The molecule has 29 heavy (non-hydrogen) atoms. The van der Waals surface area contributed by atoms with Gasteiger partial charge in [0, 0.05) is 24.2 Å². The monoisotopic (exact) mass is 398 g/mol. The van der Waals surface area contributed by atoms with Crippen molar-refractivity contribution >= 4 is 11.4 Å². The topological polar surface area (TPSA) is 113 Å². The van der Waals surface area contributed by atoms with Crippen LogP contribution in [0.3, 0.4) is 0 Å². The van der Waals surface area contributed by atoms with Crippen molar-refractivity contribution in [3.05, 3.63) is 64.7 Å². The van der Waals surface area contributed by atoms with Gasteiger partial charge in [0.05, 0.1) is 30.5 Å². The van der Waals surface area contributed by atoms with Gasteiger partial charge in [-0.15, -0.1) is 0 Å². The van der Waals surface area contributed by atoms with E-state index >= 15 is 0 Å². The number of hydrogen-bond donors (Lipinski definition) is 3. The lowest BCUT2D eigenvalue weighted by molar-refractivity contribution is 0.440. The first-order chi connectivity index (χ1) is 13.8. The van der Waals surface area contributed by atoms with E-state index in [4.69, 9.17) is 10.8 Å². The molecule has 8 nitrogen and oxygen atoms in total. The van der Waals surface area contributed by atoms with Crippen molar-refractivity contribution in [3.8, 4) is 11.6 Å². The van der Waals surface area contributed by atoms with Crippen LogP contribution in [0.25, 0.3) is 5.69 Å². The van der Waals surface area contributed by atoms with Crippen molar-refractivity contribution < 1.29 is 9.50 Å². The van der Waals surface area contributed by atoms with Gasteiger partial charge in [0.1, 0.15) is 5.82 Å². The molecule has 9 heteroatoms. The minimum absolute atomic E-state index is 0.211. The molecule has 0 aliphatic rings. The summed E-state index contributed by atoms with van der Waals surface area (Å²) >= 11 is 0. The maximum Gasteiger partial charge on any atom is 0.335 e. The maximum atomic E-state index is 13.0. The van der Waals surface area contributed by atoms with Crippen molar-refractivity contribution in [2.24, 2.45) is 5.92 Å². The largest absolute Gasteiger partial charge is 0.493 e. The van der Waals surface area contributed by atoms with Gasteiger partial charge in [0.15, 0.2) is 0 Å². The molecular formula is C20H23FN6O2. The van der Waals surface area contributed by atoms with Gasteiger partial charge >= 0.3 is 5.69 Å². The highest BCUT2D eigenvalue weighted by molar-refractivity contribution is 6.02. The van der Waals surface area contributed by atoms with E-state index in [1.165, 1.54) is 29.1 Å². The molecule has 0 fully saturated rings. The van der Waals surface area contributed by atoms with Gasteiger partial charge in [-0.25, -0.2) is 13.8 Å². The van der Waals surface area contributed by atoms with Crippen LogP contribution in [0.1, 0.15) is 19.4 Å². The Hall–Kier alpha value is -3.49. The third-order valence-corrected chi connectivity index (χ3v) is 4.78. The first-order valence-electron chi connectivity index (χ1n) is 9.14. The van der Waals surface area contributed by atoms with Crippen LogP contribution in [0.4, 0.5) is 4.39 Å². The number of halogens is 1. The summed E-state index contributed by atoms with van der Waals surface area (Å²) in [5, 5.41) is 30.1. The molecule has 0 amide bonds. The Balaban J connectivity index is 1.79. The summed E-state index contributed by atoms with van der Waals surface area (Å²) in [5.74, 6) is -0.893. The number of aromatic nitrogens is 4. The maximum absolute atomic E-state index is 13.0. The minimum Gasteiger partial charge on any atom is -0.493 e. The Morgan fingerprint density at radius 1 is 1.17 bits per heavy atom. The summed E-state index contributed by atoms with van der Waals surface area (Å²) < 4.78 is 17.1. The van der Waals surface area contributed by atoms with Gasteiger partial charge in [-0.3, -0.25) is 9.25 Å². The molecule has 0 saturated carbocycles. The third kappa shape index (κ3) is 4.50. The number of rotatable bonds is 8. The fourth-order valence-electron chi connectivity index (χ4n) is 3.14. The Morgan fingerprint density at radius 3 is 2.45 bits per heavy atom. The smallest absolute Gasteiger partial charge is 0.335 e. The number of aryl methyl sites for hydroxylation is 2. The molecule has 0 unspecified atom stereocenters. The van der Waals surface area contributed by atoms with Crippen LogP contribution in [0, 0.1) is 22.6 Å². The molecule has 0 atom stereocenters.